The minimum Gasteiger partial charge on any atom is -0.386 e. The highest BCUT2D eigenvalue weighted by atomic mass is 16.3. The molecule has 2 rings (SSSR count). The molecule has 104 valence electrons. The number of benzene rings is 1. The minimum absolute atomic E-state index is 0.500. The molecule has 2 aromatic rings. The molecule has 0 aliphatic carbocycles. The number of anilines is 2. The number of nitrogens with zero attached hydrogens (tertiary/aromatic N) is 1. The Balaban J connectivity index is 2.34. The lowest BCUT2D eigenvalue weighted by Gasteiger charge is -2.18. The molecule has 4 heteroatoms. The summed E-state index contributed by atoms with van der Waals surface area (Å²) in [7, 11) is 0. The molecule has 0 aliphatic rings. The van der Waals surface area contributed by atoms with Gasteiger partial charge in [-0.2, -0.15) is 0 Å². The van der Waals surface area contributed by atoms with Crippen LogP contribution in [0.4, 0.5) is 11.4 Å². The van der Waals surface area contributed by atoms with Crippen molar-refractivity contribution in [3.63, 3.8) is 0 Å². The number of hydrogen-bond donors (Lipinski definition) is 3. The van der Waals surface area contributed by atoms with Gasteiger partial charge < -0.3 is 15.8 Å². The standard InChI is InChI=1S/C16H19N3O/c1-11(17)14-6-4-5-7-15(14)19-13-8-12(9-18-10-13)16(2,3)20/h4-10,17,19-20H,1-3H3. The van der Waals surface area contributed by atoms with Crippen LogP contribution in [0.5, 0.6) is 0 Å². The molecule has 4 nitrogen and oxygen atoms in total. The Hall–Kier alpha value is -2.20. The van der Waals surface area contributed by atoms with Gasteiger partial charge in [0.05, 0.1) is 17.5 Å². The van der Waals surface area contributed by atoms with Gasteiger partial charge in [-0.05, 0) is 32.9 Å². The number of rotatable bonds is 4. The van der Waals surface area contributed by atoms with Crippen LogP contribution in [0.15, 0.2) is 42.7 Å². The normalized spacial score (nSPS) is 11.2. The molecule has 3 N–H and O–H groups in total. The predicted molar refractivity (Wildman–Crippen MR) is 81.7 cm³/mol. The van der Waals surface area contributed by atoms with Crippen molar-refractivity contribution in [1.82, 2.24) is 4.98 Å². The molecule has 20 heavy (non-hydrogen) atoms. The maximum Gasteiger partial charge on any atom is 0.0856 e. The van der Waals surface area contributed by atoms with E-state index >= 15 is 0 Å². The zero-order valence-electron chi connectivity index (χ0n) is 11.9. The molecule has 0 fully saturated rings. The van der Waals surface area contributed by atoms with Crippen LogP contribution in [-0.2, 0) is 5.60 Å². The fourth-order valence-electron chi connectivity index (χ4n) is 1.92. The third-order valence-corrected chi connectivity index (χ3v) is 3.05. The molecule has 0 radical (unpaired) electrons. The Labute approximate surface area is 119 Å². The molecular formula is C16H19N3O. The second-order valence-electron chi connectivity index (χ2n) is 5.32. The van der Waals surface area contributed by atoms with Gasteiger partial charge in [0, 0.05) is 28.7 Å². The monoisotopic (exact) mass is 269 g/mol. The van der Waals surface area contributed by atoms with Crippen LogP contribution < -0.4 is 5.32 Å². The van der Waals surface area contributed by atoms with E-state index in [9.17, 15) is 5.11 Å². The Bertz CT molecular complexity index is 630. The van der Waals surface area contributed by atoms with Crippen LogP contribution in [0.1, 0.15) is 31.9 Å². The van der Waals surface area contributed by atoms with Gasteiger partial charge in [-0.3, -0.25) is 4.98 Å². The van der Waals surface area contributed by atoms with Crippen LogP contribution in [0, 0.1) is 5.41 Å². The zero-order valence-corrected chi connectivity index (χ0v) is 11.9. The van der Waals surface area contributed by atoms with E-state index in [0.717, 1.165) is 22.5 Å². The first-order valence-corrected chi connectivity index (χ1v) is 6.47. The van der Waals surface area contributed by atoms with Gasteiger partial charge in [0.25, 0.3) is 0 Å². The first-order chi connectivity index (χ1) is 9.38. The van der Waals surface area contributed by atoms with Crippen molar-refractivity contribution < 1.29 is 5.11 Å². The summed E-state index contributed by atoms with van der Waals surface area (Å²) in [6, 6.07) is 9.51. The van der Waals surface area contributed by atoms with Crippen LogP contribution in [0.2, 0.25) is 0 Å². The van der Waals surface area contributed by atoms with Crippen LogP contribution >= 0.6 is 0 Å². The molecule has 0 bridgehead atoms. The summed E-state index contributed by atoms with van der Waals surface area (Å²) in [5, 5.41) is 21.1. The SMILES string of the molecule is CC(=N)c1ccccc1Nc1cncc(C(C)(C)O)c1. The van der Waals surface area contributed by atoms with Gasteiger partial charge in [-0.25, -0.2) is 0 Å². The zero-order chi connectivity index (χ0) is 14.8. The van der Waals surface area contributed by atoms with Crippen molar-refractivity contribution in [2.24, 2.45) is 0 Å². The first-order valence-electron chi connectivity index (χ1n) is 6.47. The van der Waals surface area contributed by atoms with Crippen molar-refractivity contribution in [3.05, 3.63) is 53.9 Å². The molecule has 1 aromatic carbocycles. The van der Waals surface area contributed by atoms with Crippen molar-refractivity contribution in [3.8, 4) is 0 Å². The fourth-order valence-corrected chi connectivity index (χ4v) is 1.92. The van der Waals surface area contributed by atoms with E-state index in [1.54, 1.807) is 33.2 Å². The number of aromatic nitrogens is 1. The quantitative estimate of drug-likeness (QED) is 0.745. The molecule has 0 aliphatic heterocycles. The van der Waals surface area contributed by atoms with Crippen molar-refractivity contribution in [1.29, 1.82) is 5.41 Å². The molecule has 0 saturated heterocycles. The smallest absolute Gasteiger partial charge is 0.0856 e. The van der Waals surface area contributed by atoms with E-state index in [1.165, 1.54) is 0 Å². The van der Waals surface area contributed by atoms with Gasteiger partial charge in [0.1, 0.15) is 0 Å². The average molecular weight is 269 g/mol. The number of pyridine rings is 1. The summed E-state index contributed by atoms with van der Waals surface area (Å²) < 4.78 is 0. The Kier molecular flexibility index (Phi) is 3.86. The number of aliphatic hydroxyl groups is 1. The van der Waals surface area contributed by atoms with Crippen LogP contribution in [0.25, 0.3) is 0 Å². The minimum atomic E-state index is -0.929. The topological polar surface area (TPSA) is 69.0 Å². The molecule has 1 aromatic heterocycles. The van der Waals surface area contributed by atoms with E-state index in [1.807, 2.05) is 30.3 Å². The molecule has 0 unspecified atom stereocenters. The number of hydrogen-bond acceptors (Lipinski definition) is 4. The fraction of sp³-hybridized carbons (Fsp3) is 0.250. The Morgan fingerprint density at radius 3 is 2.60 bits per heavy atom. The summed E-state index contributed by atoms with van der Waals surface area (Å²) in [6.45, 7) is 5.21. The Morgan fingerprint density at radius 2 is 1.95 bits per heavy atom. The lowest BCUT2D eigenvalue weighted by molar-refractivity contribution is 0.0783. The molecule has 0 atom stereocenters. The summed E-state index contributed by atoms with van der Waals surface area (Å²) in [5.41, 5.74) is 2.81. The largest absolute Gasteiger partial charge is 0.386 e. The van der Waals surface area contributed by atoms with E-state index in [2.05, 4.69) is 10.3 Å². The summed E-state index contributed by atoms with van der Waals surface area (Å²) >= 11 is 0. The molecule has 1 heterocycles. The van der Waals surface area contributed by atoms with Crippen molar-refractivity contribution in [2.45, 2.75) is 26.4 Å². The highest BCUT2D eigenvalue weighted by Gasteiger charge is 2.16. The second kappa shape index (κ2) is 5.43. The summed E-state index contributed by atoms with van der Waals surface area (Å²) in [4.78, 5) is 4.15. The number of nitrogens with one attached hydrogen (secondary N) is 2. The lowest BCUT2D eigenvalue weighted by Crippen LogP contribution is -2.16. The highest BCUT2D eigenvalue weighted by molar-refractivity contribution is 6.01. The van der Waals surface area contributed by atoms with Gasteiger partial charge >= 0.3 is 0 Å². The van der Waals surface area contributed by atoms with E-state index in [4.69, 9.17) is 5.41 Å². The third kappa shape index (κ3) is 3.22. The molecular weight excluding hydrogens is 250 g/mol. The molecule has 0 saturated carbocycles. The summed E-state index contributed by atoms with van der Waals surface area (Å²) in [6.07, 6.45) is 3.35. The van der Waals surface area contributed by atoms with Gasteiger partial charge in [-0.1, -0.05) is 18.2 Å². The predicted octanol–water partition coefficient (Wildman–Crippen LogP) is 3.44. The lowest BCUT2D eigenvalue weighted by atomic mass is 10.0. The first kappa shape index (κ1) is 14.2. The second-order valence-corrected chi connectivity index (χ2v) is 5.32. The van der Waals surface area contributed by atoms with Crippen LogP contribution in [0.3, 0.4) is 0 Å². The van der Waals surface area contributed by atoms with Crippen molar-refractivity contribution >= 4 is 17.1 Å². The van der Waals surface area contributed by atoms with Crippen molar-refractivity contribution in [2.75, 3.05) is 5.32 Å². The highest BCUT2D eigenvalue weighted by Crippen LogP contribution is 2.25. The van der Waals surface area contributed by atoms with E-state index < -0.39 is 5.60 Å². The maximum absolute atomic E-state index is 10.0. The molecule has 0 spiro atoms. The average Bonchev–Trinajstić information content (AvgIpc) is 2.38. The van der Waals surface area contributed by atoms with Gasteiger partial charge in [0.15, 0.2) is 0 Å². The van der Waals surface area contributed by atoms with Gasteiger partial charge in [0.2, 0.25) is 0 Å². The Morgan fingerprint density at radius 1 is 1.25 bits per heavy atom. The number of para-hydroxylation sites is 1. The molecule has 0 amide bonds. The van der Waals surface area contributed by atoms with Gasteiger partial charge in [-0.15, -0.1) is 0 Å². The van der Waals surface area contributed by atoms with E-state index in [0.29, 0.717) is 5.71 Å². The van der Waals surface area contributed by atoms with Crippen LogP contribution in [-0.4, -0.2) is 15.8 Å². The van der Waals surface area contributed by atoms with E-state index in [-0.39, 0.29) is 0 Å². The third-order valence-electron chi connectivity index (χ3n) is 3.05. The summed E-state index contributed by atoms with van der Waals surface area (Å²) in [5.74, 6) is 0. The maximum atomic E-state index is 10.0.